The molecule has 1 heterocycles. The average molecular weight is 394 g/mol. The predicted octanol–water partition coefficient (Wildman–Crippen LogP) is 4.27. The summed E-state index contributed by atoms with van der Waals surface area (Å²) < 4.78 is 27.7. The molecule has 27 heavy (non-hydrogen) atoms. The lowest BCUT2D eigenvalue weighted by Gasteiger charge is -2.24. The molecule has 0 aliphatic carbocycles. The molecule has 4 nitrogen and oxygen atoms in total. The van der Waals surface area contributed by atoms with Gasteiger partial charge in [0.2, 0.25) is 5.91 Å². The summed E-state index contributed by atoms with van der Waals surface area (Å²) in [5.41, 5.74) is 0.327. The molecule has 0 spiro atoms. The van der Waals surface area contributed by atoms with E-state index in [9.17, 15) is 18.4 Å². The summed E-state index contributed by atoms with van der Waals surface area (Å²) in [6.07, 6.45) is 0. The summed E-state index contributed by atoms with van der Waals surface area (Å²) in [7, 11) is 0. The fraction of sp³-hybridized carbons (Fsp3) is 0.400. The standard InChI is InChI=1S/C20H24F2N2O2S/c1-10(2)18(24-19(25)17-15(21)7-6-8-16(17)22)20(26)23-12(4)14-9-11(3)27-13(14)5/h6-10,12,18H,1-5H3,(H,23,26)(H,24,25)/t12-,18-/m1/s1. The van der Waals surface area contributed by atoms with E-state index in [0.717, 1.165) is 27.5 Å². The maximum atomic E-state index is 13.8. The fourth-order valence-electron chi connectivity index (χ4n) is 2.92. The molecule has 2 aromatic rings. The molecule has 0 fully saturated rings. The molecule has 0 radical (unpaired) electrons. The largest absolute Gasteiger partial charge is 0.348 e. The molecule has 0 bridgehead atoms. The molecular formula is C20H24F2N2O2S. The van der Waals surface area contributed by atoms with E-state index in [4.69, 9.17) is 0 Å². The van der Waals surface area contributed by atoms with Gasteiger partial charge in [-0.2, -0.15) is 0 Å². The Labute approximate surface area is 162 Å². The van der Waals surface area contributed by atoms with E-state index in [1.807, 2.05) is 26.8 Å². The minimum atomic E-state index is -0.965. The first kappa shape index (κ1) is 21.0. The maximum absolute atomic E-state index is 13.8. The molecule has 0 aliphatic heterocycles. The van der Waals surface area contributed by atoms with Crippen molar-refractivity contribution < 1.29 is 18.4 Å². The van der Waals surface area contributed by atoms with Crippen LogP contribution >= 0.6 is 11.3 Å². The molecule has 1 aromatic heterocycles. The van der Waals surface area contributed by atoms with E-state index in [1.54, 1.807) is 25.2 Å². The van der Waals surface area contributed by atoms with Crippen molar-refractivity contribution >= 4 is 23.2 Å². The van der Waals surface area contributed by atoms with Crippen molar-refractivity contribution in [2.24, 2.45) is 5.92 Å². The van der Waals surface area contributed by atoms with Gasteiger partial charge in [0.15, 0.2) is 0 Å². The number of aryl methyl sites for hydroxylation is 2. The molecule has 2 N–H and O–H groups in total. The number of hydrogen-bond donors (Lipinski definition) is 2. The van der Waals surface area contributed by atoms with Gasteiger partial charge < -0.3 is 10.6 Å². The Balaban J connectivity index is 2.15. The Kier molecular flexibility index (Phi) is 6.70. The van der Waals surface area contributed by atoms with E-state index >= 15 is 0 Å². The van der Waals surface area contributed by atoms with Crippen molar-refractivity contribution in [3.8, 4) is 0 Å². The van der Waals surface area contributed by atoms with Crippen LogP contribution in [0.3, 0.4) is 0 Å². The summed E-state index contributed by atoms with van der Waals surface area (Å²) in [5, 5.41) is 5.35. The van der Waals surface area contributed by atoms with Crippen LogP contribution in [0.1, 0.15) is 52.5 Å². The van der Waals surface area contributed by atoms with Crippen LogP contribution in [0.5, 0.6) is 0 Å². The van der Waals surface area contributed by atoms with Gasteiger partial charge in [-0.25, -0.2) is 8.78 Å². The highest BCUT2D eigenvalue weighted by molar-refractivity contribution is 7.12. The SMILES string of the molecule is Cc1cc([C@@H](C)NC(=O)[C@H](NC(=O)c2c(F)cccc2F)C(C)C)c(C)s1. The molecule has 0 saturated heterocycles. The summed E-state index contributed by atoms with van der Waals surface area (Å²) in [6, 6.07) is 4.05. The fourth-order valence-corrected chi connectivity index (χ4v) is 3.95. The van der Waals surface area contributed by atoms with Crippen molar-refractivity contribution in [1.29, 1.82) is 0 Å². The molecule has 7 heteroatoms. The van der Waals surface area contributed by atoms with Crippen molar-refractivity contribution in [2.45, 2.75) is 46.7 Å². The van der Waals surface area contributed by atoms with Gasteiger partial charge in [0.05, 0.1) is 6.04 Å². The minimum absolute atomic E-state index is 0.245. The van der Waals surface area contributed by atoms with Crippen LogP contribution in [0.2, 0.25) is 0 Å². The van der Waals surface area contributed by atoms with Gasteiger partial charge >= 0.3 is 0 Å². The van der Waals surface area contributed by atoms with E-state index in [2.05, 4.69) is 10.6 Å². The highest BCUT2D eigenvalue weighted by Gasteiger charge is 2.28. The highest BCUT2D eigenvalue weighted by Crippen LogP contribution is 2.26. The highest BCUT2D eigenvalue weighted by atomic mass is 32.1. The minimum Gasteiger partial charge on any atom is -0.348 e. The molecule has 0 aliphatic rings. The van der Waals surface area contributed by atoms with Crippen LogP contribution in [0.15, 0.2) is 24.3 Å². The molecule has 0 unspecified atom stereocenters. The summed E-state index contributed by atoms with van der Waals surface area (Å²) >= 11 is 1.65. The van der Waals surface area contributed by atoms with Crippen LogP contribution < -0.4 is 10.6 Å². The molecule has 2 amide bonds. The Hall–Kier alpha value is -2.28. The van der Waals surface area contributed by atoms with Gasteiger partial charge in [-0.1, -0.05) is 19.9 Å². The Bertz CT molecular complexity index is 828. The number of amides is 2. The summed E-state index contributed by atoms with van der Waals surface area (Å²) in [4.78, 5) is 27.3. The van der Waals surface area contributed by atoms with E-state index < -0.39 is 35.1 Å². The van der Waals surface area contributed by atoms with Gasteiger partial charge in [-0.3, -0.25) is 9.59 Å². The number of hydrogen-bond acceptors (Lipinski definition) is 3. The normalized spacial score (nSPS) is 13.3. The van der Waals surface area contributed by atoms with Gasteiger partial charge in [0, 0.05) is 9.75 Å². The predicted molar refractivity (Wildman–Crippen MR) is 103 cm³/mol. The van der Waals surface area contributed by atoms with Crippen molar-refractivity contribution in [3.05, 3.63) is 56.8 Å². The second kappa shape index (κ2) is 8.61. The van der Waals surface area contributed by atoms with Crippen LogP contribution in [0.4, 0.5) is 8.78 Å². The second-order valence-corrected chi connectivity index (χ2v) is 8.35. The summed E-state index contributed by atoms with van der Waals surface area (Å²) in [6.45, 7) is 9.36. The quantitative estimate of drug-likeness (QED) is 0.769. The molecule has 2 atom stereocenters. The molecule has 0 saturated carbocycles. The van der Waals surface area contributed by atoms with Crippen molar-refractivity contribution in [1.82, 2.24) is 10.6 Å². The topological polar surface area (TPSA) is 58.2 Å². The monoisotopic (exact) mass is 394 g/mol. The van der Waals surface area contributed by atoms with Crippen LogP contribution in [0.25, 0.3) is 0 Å². The Morgan fingerprint density at radius 1 is 1.04 bits per heavy atom. The Morgan fingerprint density at radius 3 is 2.11 bits per heavy atom. The maximum Gasteiger partial charge on any atom is 0.257 e. The molecule has 2 rings (SSSR count). The van der Waals surface area contributed by atoms with Gasteiger partial charge in [0.25, 0.3) is 5.91 Å². The number of carbonyl (C=O) groups is 2. The lowest BCUT2D eigenvalue weighted by atomic mass is 10.0. The number of thiophene rings is 1. The number of rotatable bonds is 6. The Morgan fingerprint density at radius 2 is 1.63 bits per heavy atom. The number of carbonyl (C=O) groups excluding carboxylic acids is 2. The second-order valence-electron chi connectivity index (χ2n) is 6.89. The zero-order valence-electron chi connectivity index (χ0n) is 16.0. The van der Waals surface area contributed by atoms with E-state index in [0.29, 0.717) is 0 Å². The molecular weight excluding hydrogens is 370 g/mol. The van der Waals surface area contributed by atoms with Crippen molar-refractivity contribution in [2.75, 3.05) is 0 Å². The smallest absolute Gasteiger partial charge is 0.257 e. The first-order valence-corrected chi connectivity index (χ1v) is 9.55. The summed E-state index contributed by atoms with van der Waals surface area (Å²) in [5.74, 6) is -3.54. The first-order chi connectivity index (χ1) is 12.6. The average Bonchev–Trinajstić information content (AvgIpc) is 2.90. The van der Waals surface area contributed by atoms with Gasteiger partial charge in [0.1, 0.15) is 23.2 Å². The van der Waals surface area contributed by atoms with Crippen LogP contribution in [0, 0.1) is 31.4 Å². The zero-order valence-corrected chi connectivity index (χ0v) is 16.8. The third kappa shape index (κ3) is 4.91. The first-order valence-electron chi connectivity index (χ1n) is 8.74. The van der Waals surface area contributed by atoms with E-state index in [1.165, 1.54) is 6.07 Å². The number of halogens is 2. The molecule has 146 valence electrons. The van der Waals surface area contributed by atoms with E-state index in [-0.39, 0.29) is 12.0 Å². The third-order valence-electron chi connectivity index (χ3n) is 4.33. The molecule has 1 aromatic carbocycles. The van der Waals surface area contributed by atoms with Crippen LogP contribution in [-0.2, 0) is 4.79 Å². The van der Waals surface area contributed by atoms with Gasteiger partial charge in [-0.15, -0.1) is 11.3 Å². The lowest BCUT2D eigenvalue weighted by Crippen LogP contribution is -2.50. The van der Waals surface area contributed by atoms with Crippen LogP contribution in [-0.4, -0.2) is 17.9 Å². The number of nitrogens with one attached hydrogen (secondary N) is 2. The number of benzene rings is 1. The van der Waals surface area contributed by atoms with Gasteiger partial charge in [-0.05, 0) is 50.5 Å². The third-order valence-corrected chi connectivity index (χ3v) is 5.31. The van der Waals surface area contributed by atoms with Crippen molar-refractivity contribution in [3.63, 3.8) is 0 Å². The lowest BCUT2D eigenvalue weighted by molar-refractivity contribution is -0.124. The zero-order chi connectivity index (χ0) is 20.3.